The van der Waals surface area contributed by atoms with Crippen LogP contribution in [0.3, 0.4) is 0 Å². The lowest BCUT2D eigenvalue weighted by molar-refractivity contribution is 0.959. The number of aryl methyl sites for hydroxylation is 6. The molecule has 0 aromatic carbocycles. The van der Waals surface area contributed by atoms with E-state index in [4.69, 9.17) is 0 Å². The number of hydrogen-bond donors (Lipinski definition) is 0. The summed E-state index contributed by atoms with van der Waals surface area (Å²) in [6, 6.07) is 6.00. The average Bonchev–Trinajstić information content (AvgIpc) is 2.50. The molecule has 0 saturated carbocycles. The second kappa shape index (κ2) is 12.9. The Labute approximate surface area is 137 Å². The first-order valence-electron chi connectivity index (χ1n) is 8.09. The molecule has 0 atom stereocenters. The standard InChI is InChI=1S/C8H12N2.C7H9N.2C2H6/c1-5-6(2)10-8(4)7(3)9-5;1-6-4-3-5-7(2)8-6;2*1-2/h1-4H3;3-5H,1-2H3;2*1-2H3. The van der Waals surface area contributed by atoms with Crippen molar-refractivity contribution < 1.29 is 0 Å². The van der Waals surface area contributed by atoms with Gasteiger partial charge in [-0.05, 0) is 53.7 Å². The van der Waals surface area contributed by atoms with E-state index in [-0.39, 0.29) is 0 Å². The normalized spacial score (nSPS) is 8.45. The van der Waals surface area contributed by atoms with Gasteiger partial charge in [-0.2, -0.15) is 0 Å². The Morgan fingerprint density at radius 1 is 0.500 bits per heavy atom. The highest BCUT2D eigenvalue weighted by molar-refractivity contribution is 5.16. The van der Waals surface area contributed by atoms with Crippen molar-refractivity contribution in [3.63, 3.8) is 0 Å². The molecule has 0 amide bonds. The van der Waals surface area contributed by atoms with E-state index >= 15 is 0 Å². The minimum Gasteiger partial charge on any atom is -0.258 e. The van der Waals surface area contributed by atoms with Crippen molar-refractivity contribution in [2.75, 3.05) is 0 Å². The zero-order chi connectivity index (χ0) is 17.7. The monoisotopic (exact) mass is 303 g/mol. The fraction of sp³-hybridized carbons (Fsp3) is 0.526. The van der Waals surface area contributed by atoms with Crippen molar-refractivity contribution >= 4 is 0 Å². The van der Waals surface area contributed by atoms with Gasteiger partial charge in [0.1, 0.15) is 0 Å². The van der Waals surface area contributed by atoms with E-state index in [0.717, 1.165) is 34.2 Å². The van der Waals surface area contributed by atoms with Gasteiger partial charge in [-0.25, -0.2) is 0 Å². The van der Waals surface area contributed by atoms with Gasteiger partial charge in [0.15, 0.2) is 0 Å². The van der Waals surface area contributed by atoms with Crippen LogP contribution in [-0.2, 0) is 0 Å². The van der Waals surface area contributed by atoms with Crippen LogP contribution in [0.1, 0.15) is 61.9 Å². The van der Waals surface area contributed by atoms with Crippen molar-refractivity contribution in [3.05, 3.63) is 52.4 Å². The van der Waals surface area contributed by atoms with Crippen LogP contribution < -0.4 is 0 Å². The molecule has 0 unspecified atom stereocenters. The molecule has 2 heterocycles. The number of nitrogens with zero attached hydrogens (tertiary/aromatic N) is 3. The Balaban J connectivity index is 0. The number of aromatic nitrogens is 3. The molecule has 2 rings (SSSR count). The molecule has 0 saturated heterocycles. The Morgan fingerprint density at radius 2 is 0.773 bits per heavy atom. The fourth-order valence-electron chi connectivity index (χ4n) is 1.51. The summed E-state index contributed by atoms with van der Waals surface area (Å²) in [5, 5.41) is 0. The van der Waals surface area contributed by atoms with E-state index in [1.807, 2.05) is 87.4 Å². The van der Waals surface area contributed by atoms with Crippen molar-refractivity contribution in [1.82, 2.24) is 15.0 Å². The molecule has 0 radical (unpaired) electrons. The topological polar surface area (TPSA) is 38.7 Å². The van der Waals surface area contributed by atoms with Crippen LogP contribution in [0, 0.1) is 41.5 Å². The minimum atomic E-state index is 1.03. The average molecular weight is 303 g/mol. The summed E-state index contributed by atoms with van der Waals surface area (Å²) in [6.07, 6.45) is 0. The fourth-order valence-corrected chi connectivity index (χ4v) is 1.51. The molecule has 0 spiro atoms. The zero-order valence-electron chi connectivity index (χ0n) is 16.1. The Kier molecular flexibility index (Phi) is 13.2. The van der Waals surface area contributed by atoms with Gasteiger partial charge in [0.05, 0.1) is 22.8 Å². The smallest absolute Gasteiger partial charge is 0.0588 e. The molecule has 0 N–H and O–H groups in total. The van der Waals surface area contributed by atoms with E-state index < -0.39 is 0 Å². The highest BCUT2D eigenvalue weighted by Crippen LogP contribution is 2.04. The molecule has 0 aliphatic heterocycles. The summed E-state index contributed by atoms with van der Waals surface area (Å²) in [5.74, 6) is 0. The van der Waals surface area contributed by atoms with Gasteiger partial charge in [-0.3, -0.25) is 15.0 Å². The van der Waals surface area contributed by atoms with Crippen LogP contribution in [0.25, 0.3) is 0 Å². The molecular formula is C19H33N3. The third kappa shape index (κ3) is 9.22. The predicted molar refractivity (Wildman–Crippen MR) is 97.4 cm³/mol. The number of hydrogen-bond acceptors (Lipinski definition) is 3. The molecule has 2 aromatic rings. The van der Waals surface area contributed by atoms with E-state index in [1.165, 1.54) is 0 Å². The minimum absolute atomic E-state index is 1.03. The van der Waals surface area contributed by atoms with Crippen molar-refractivity contribution in [3.8, 4) is 0 Å². The van der Waals surface area contributed by atoms with Gasteiger partial charge in [0.25, 0.3) is 0 Å². The molecule has 0 aliphatic rings. The van der Waals surface area contributed by atoms with Crippen LogP contribution in [0.4, 0.5) is 0 Å². The van der Waals surface area contributed by atoms with Crippen molar-refractivity contribution in [1.29, 1.82) is 0 Å². The largest absolute Gasteiger partial charge is 0.258 e. The lowest BCUT2D eigenvalue weighted by Gasteiger charge is -2.01. The summed E-state index contributed by atoms with van der Waals surface area (Å²) in [4.78, 5) is 12.8. The summed E-state index contributed by atoms with van der Waals surface area (Å²) in [6.45, 7) is 19.9. The SMILES string of the molecule is CC.CC.Cc1cccc(C)n1.Cc1nc(C)c(C)nc1C. The molecule has 3 nitrogen and oxygen atoms in total. The van der Waals surface area contributed by atoms with E-state index in [9.17, 15) is 0 Å². The van der Waals surface area contributed by atoms with E-state index in [2.05, 4.69) is 15.0 Å². The maximum Gasteiger partial charge on any atom is 0.0588 e. The molecule has 0 bridgehead atoms. The molecule has 124 valence electrons. The van der Waals surface area contributed by atoms with Gasteiger partial charge < -0.3 is 0 Å². The molecular weight excluding hydrogens is 270 g/mol. The molecule has 0 fully saturated rings. The van der Waals surface area contributed by atoms with E-state index in [1.54, 1.807) is 0 Å². The zero-order valence-corrected chi connectivity index (χ0v) is 16.1. The van der Waals surface area contributed by atoms with Crippen LogP contribution in [0.15, 0.2) is 18.2 Å². The highest BCUT2D eigenvalue weighted by Gasteiger charge is 1.98. The van der Waals surface area contributed by atoms with Crippen molar-refractivity contribution in [2.24, 2.45) is 0 Å². The van der Waals surface area contributed by atoms with Crippen LogP contribution >= 0.6 is 0 Å². The van der Waals surface area contributed by atoms with Gasteiger partial charge in [-0.1, -0.05) is 33.8 Å². The Morgan fingerprint density at radius 3 is 0.955 bits per heavy atom. The van der Waals surface area contributed by atoms with E-state index in [0.29, 0.717) is 0 Å². The van der Waals surface area contributed by atoms with Gasteiger partial charge in [-0.15, -0.1) is 0 Å². The summed E-state index contributed by atoms with van der Waals surface area (Å²) < 4.78 is 0. The third-order valence-electron chi connectivity index (χ3n) is 2.75. The second-order valence-corrected chi connectivity index (χ2v) is 4.49. The van der Waals surface area contributed by atoms with Crippen LogP contribution in [0.2, 0.25) is 0 Å². The highest BCUT2D eigenvalue weighted by atomic mass is 14.8. The first-order chi connectivity index (χ1) is 10.4. The lowest BCUT2D eigenvalue weighted by Crippen LogP contribution is -1.97. The van der Waals surface area contributed by atoms with Crippen molar-refractivity contribution in [2.45, 2.75) is 69.2 Å². The number of pyridine rings is 1. The summed E-state index contributed by atoms with van der Waals surface area (Å²) >= 11 is 0. The second-order valence-electron chi connectivity index (χ2n) is 4.49. The number of rotatable bonds is 0. The first kappa shape index (κ1) is 22.5. The maximum absolute atomic E-state index is 4.31. The van der Waals surface area contributed by atoms with Crippen LogP contribution in [-0.4, -0.2) is 15.0 Å². The Hall–Kier alpha value is -1.77. The maximum atomic E-state index is 4.31. The quantitative estimate of drug-likeness (QED) is 0.648. The summed E-state index contributed by atoms with van der Waals surface area (Å²) in [5.41, 5.74) is 6.30. The van der Waals surface area contributed by atoms with Gasteiger partial charge in [0.2, 0.25) is 0 Å². The molecule has 22 heavy (non-hydrogen) atoms. The van der Waals surface area contributed by atoms with Gasteiger partial charge >= 0.3 is 0 Å². The summed E-state index contributed by atoms with van der Waals surface area (Å²) in [7, 11) is 0. The molecule has 2 aromatic heterocycles. The first-order valence-corrected chi connectivity index (χ1v) is 8.09. The third-order valence-corrected chi connectivity index (χ3v) is 2.75. The Bertz CT molecular complexity index is 467. The molecule has 3 heteroatoms. The van der Waals surface area contributed by atoms with Gasteiger partial charge in [0, 0.05) is 11.4 Å². The van der Waals surface area contributed by atoms with Crippen LogP contribution in [0.5, 0.6) is 0 Å². The lowest BCUT2D eigenvalue weighted by atomic mass is 10.3. The molecule has 0 aliphatic carbocycles. The predicted octanol–water partition coefficient (Wildman–Crippen LogP) is 5.46.